The average Bonchev–Trinajstić information content (AvgIpc) is 2.98. The highest BCUT2D eigenvalue weighted by Gasteiger charge is 2.42. The van der Waals surface area contributed by atoms with E-state index >= 15 is 0 Å². The van der Waals surface area contributed by atoms with E-state index in [4.69, 9.17) is 0 Å². The fourth-order valence-corrected chi connectivity index (χ4v) is 2.66. The number of amides is 1. The lowest BCUT2D eigenvalue weighted by Crippen LogP contribution is -2.46. The molecule has 2 atom stereocenters. The van der Waals surface area contributed by atoms with Gasteiger partial charge < -0.3 is 10.6 Å². The van der Waals surface area contributed by atoms with Crippen molar-refractivity contribution in [2.75, 3.05) is 13.1 Å². The summed E-state index contributed by atoms with van der Waals surface area (Å²) in [5.41, 5.74) is -0.120. The molecule has 0 spiro atoms. The van der Waals surface area contributed by atoms with Crippen LogP contribution in [0, 0.1) is 11.3 Å². The van der Waals surface area contributed by atoms with E-state index in [2.05, 4.69) is 24.5 Å². The molecule has 1 aliphatic carbocycles. The molecule has 2 N–H and O–H groups in total. The summed E-state index contributed by atoms with van der Waals surface area (Å²) < 4.78 is 0. The first-order valence-corrected chi connectivity index (χ1v) is 6.67. The van der Waals surface area contributed by atoms with E-state index in [9.17, 15) is 4.79 Å². The maximum absolute atomic E-state index is 12.2. The van der Waals surface area contributed by atoms with E-state index in [0.29, 0.717) is 6.04 Å². The second-order valence-electron chi connectivity index (χ2n) is 5.68. The minimum absolute atomic E-state index is 0.120. The number of carbonyl (C=O) groups excluding carboxylic acids is 1. The molecule has 3 heteroatoms. The molecule has 0 aromatic rings. The molecule has 1 saturated heterocycles. The van der Waals surface area contributed by atoms with Gasteiger partial charge in [-0.15, -0.1) is 0 Å². The fourth-order valence-electron chi connectivity index (χ4n) is 2.66. The molecule has 0 aromatic heterocycles. The van der Waals surface area contributed by atoms with Gasteiger partial charge in [-0.3, -0.25) is 4.79 Å². The zero-order chi connectivity index (χ0) is 11.6. The number of hydrogen-bond acceptors (Lipinski definition) is 2. The van der Waals surface area contributed by atoms with Crippen LogP contribution < -0.4 is 10.6 Å². The number of hydrogen-bond donors (Lipinski definition) is 2. The van der Waals surface area contributed by atoms with E-state index in [1.54, 1.807) is 0 Å². The smallest absolute Gasteiger partial charge is 0.226 e. The zero-order valence-electron chi connectivity index (χ0n) is 10.5. The molecule has 2 unspecified atom stereocenters. The second kappa shape index (κ2) is 4.74. The molecule has 2 aliphatic rings. The van der Waals surface area contributed by atoms with Gasteiger partial charge in [-0.25, -0.2) is 0 Å². The Morgan fingerprint density at radius 3 is 2.75 bits per heavy atom. The molecular formula is C13H24N2O. The summed E-state index contributed by atoms with van der Waals surface area (Å²) >= 11 is 0. The predicted molar refractivity (Wildman–Crippen MR) is 65.2 cm³/mol. The quantitative estimate of drug-likeness (QED) is 0.763. The van der Waals surface area contributed by atoms with Crippen LogP contribution in [-0.4, -0.2) is 25.0 Å². The molecule has 16 heavy (non-hydrogen) atoms. The molecule has 1 heterocycles. The van der Waals surface area contributed by atoms with E-state index in [-0.39, 0.29) is 11.3 Å². The van der Waals surface area contributed by atoms with Crippen LogP contribution in [0.25, 0.3) is 0 Å². The lowest BCUT2D eigenvalue weighted by atomic mass is 9.80. The third kappa shape index (κ3) is 2.57. The van der Waals surface area contributed by atoms with E-state index in [0.717, 1.165) is 31.8 Å². The summed E-state index contributed by atoms with van der Waals surface area (Å²) in [6.07, 6.45) is 5.66. The summed E-state index contributed by atoms with van der Waals surface area (Å²) in [6, 6.07) is 0.485. The fraction of sp³-hybridized carbons (Fsp3) is 0.923. The van der Waals surface area contributed by atoms with Gasteiger partial charge in [-0.2, -0.15) is 0 Å². The van der Waals surface area contributed by atoms with Crippen molar-refractivity contribution in [2.45, 2.75) is 52.0 Å². The van der Waals surface area contributed by atoms with E-state index in [1.165, 1.54) is 19.3 Å². The van der Waals surface area contributed by atoms with Crippen molar-refractivity contribution in [3.05, 3.63) is 0 Å². The Labute approximate surface area is 98.4 Å². The standard InChI is InChI=1S/C13H24N2O/c1-3-4-10-9-11(10)15-12(16)13(2)5-7-14-8-6-13/h10-11,14H,3-9H2,1-2H3,(H,15,16). The first kappa shape index (κ1) is 11.9. The molecule has 1 saturated carbocycles. The first-order valence-electron chi connectivity index (χ1n) is 6.67. The van der Waals surface area contributed by atoms with Crippen molar-refractivity contribution in [2.24, 2.45) is 11.3 Å². The van der Waals surface area contributed by atoms with E-state index < -0.39 is 0 Å². The number of rotatable bonds is 4. The van der Waals surface area contributed by atoms with Crippen LogP contribution >= 0.6 is 0 Å². The van der Waals surface area contributed by atoms with Crippen molar-refractivity contribution in [1.82, 2.24) is 10.6 Å². The molecule has 1 amide bonds. The van der Waals surface area contributed by atoms with Crippen LogP contribution in [0.4, 0.5) is 0 Å². The van der Waals surface area contributed by atoms with Gasteiger partial charge in [0.25, 0.3) is 0 Å². The molecule has 3 nitrogen and oxygen atoms in total. The largest absolute Gasteiger partial charge is 0.353 e. The van der Waals surface area contributed by atoms with Crippen LogP contribution in [0.15, 0.2) is 0 Å². The molecule has 92 valence electrons. The lowest BCUT2D eigenvalue weighted by Gasteiger charge is -2.32. The molecule has 0 bridgehead atoms. The van der Waals surface area contributed by atoms with Crippen molar-refractivity contribution in [3.63, 3.8) is 0 Å². The third-order valence-corrected chi connectivity index (χ3v) is 4.15. The maximum atomic E-state index is 12.2. The molecule has 2 fully saturated rings. The van der Waals surface area contributed by atoms with Gasteiger partial charge in [0.1, 0.15) is 0 Å². The van der Waals surface area contributed by atoms with Crippen LogP contribution in [0.1, 0.15) is 46.0 Å². The highest BCUT2D eigenvalue weighted by atomic mass is 16.2. The molecule has 0 aromatic carbocycles. The van der Waals surface area contributed by atoms with Gasteiger partial charge in [-0.1, -0.05) is 20.3 Å². The number of nitrogens with one attached hydrogen (secondary N) is 2. The summed E-state index contributed by atoms with van der Waals surface area (Å²) in [4.78, 5) is 12.2. The van der Waals surface area contributed by atoms with Gasteiger partial charge in [0, 0.05) is 11.5 Å². The Kier molecular flexibility index (Phi) is 3.53. The van der Waals surface area contributed by atoms with Crippen LogP contribution in [0.2, 0.25) is 0 Å². The van der Waals surface area contributed by atoms with Crippen LogP contribution in [-0.2, 0) is 4.79 Å². The summed E-state index contributed by atoms with van der Waals surface area (Å²) in [5.74, 6) is 1.05. The van der Waals surface area contributed by atoms with Crippen molar-refractivity contribution >= 4 is 5.91 Å². The van der Waals surface area contributed by atoms with E-state index in [1.807, 2.05) is 0 Å². The average molecular weight is 224 g/mol. The Morgan fingerprint density at radius 1 is 1.44 bits per heavy atom. The van der Waals surface area contributed by atoms with Gasteiger partial charge in [0.15, 0.2) is 0 Å². The predicted octanol–water partition coefficient (Wildman–Crippen LogP) is 1.68. The van der Waals surface area contributed by atoms with Crippen molar-refractivity contribution in [1.29, 1.82) is 0 Å². The molecule has 0 radical (unpaired) electrons. The SMILES string of the molecule is CCCC1CC1NC(=O)C1(C)CCNCC1. The summed E-state index contributed by atoms with van der Waals surface area (Å²) in [5, 5.41) is 6.55. The minimum atomic E-state index is -0.120. The number of carbonyl (C=O) groups is 1. The Balaban J connectivity index is 1.79. The van der Waals surface area contributed by atoms with Crippen molar-refractivity contribution in [3.8, 4) is 0 Å². The Bertz CT molecular complexity index is 259. The highest BCUT2D eigenvalue weighted by molar-refractivity contribution is 5.83. The van der Waals surface area contributed by atoms with Gasteiger partial charge in [0.2, 0.25) is 5.91 Å². The van der Waals surface area contributed by atoms with Gasteiger partial charge >= 0.3 is 0 Å². The van der Waals surface area contributed by atoms with Crippen LogP contribution in [0.3, 0.4) is 0 Å². The maximum Gasteiger partial charge on any atom is 0.226 e. The number of piperidine rings is 1. The Hall–Kier alpha value is -0.570. The zero-order valence-corrected chi connectivity index (χ0v) is 10.5. The summed E-state index contributed by atoms with van der Waals surface area (Å²) in [6.45, 7) is 6.28. The van der Waals surface area contributed by atoms with Gasteiger partial charge in [-0.05, 0) is 44.7 Å². The summed E-state index contributed by atoms with van der Waals surface area (Å²) in [7, 11) is 0. The highest BCUT2D eigenvalue weighted by Crippen LogP contribution is 2.36. The van der Waals surface area contributed by atoms with Crippen LogP contribution in [0.5, 0.6) is 0 Å². The Morgan fingerprint density at radius 2 is 2.12 bits per heavy atom. The first-order chi connectivity index (χ1) is 7.65. The monoisotopic (exact) mass is 224 g/mol. The minimum Gasteiger partial charge on any atom is -0.353 e. The second-order valence-corrected chi connectivity index (χ2v) is 5.68. The van der Waals surface area contributed by atoms with Crippen molar-refractivity contribution < 1.29 is 4.79 Å². The molecule has 1 aliphatic heterocycles. The molecular weight excluding hydrogens is 200 g/mol. The normalized spacial score (nSPS) is 32.1. The lowest BCUT2D eigenvalue weighted by molar-refractivity contribution is -0.131. The van der Waals surface area contributed by atoms with Gasteiger partial charge in [0.05, 0.1) is 0 Å². The molecule has 2 rings (SSSR count). The third-order valence-electron chi connectivity index (χ3n) is 4.15. The topological polar surface area (TPSA) is 41.1 Å².